The maximum absolute atomic E-state index is 5.64. The first-order valence-electron chi connectivity index (χ1n) is 8.26. The molecule has 0 aliphatic heterocycles. The standard InChI is InChI=1S/C17H31N3/c1-15(2)11-9-7-5-3-4-6-8-10-12-17-19-14-13-16(18)20-17/h13-15H,3-12H2,1-2H3,(H2,18,19,20). The summed E-state index contributed by atoms with van der Waals surface area (Å²) in [5, 5.41) is 0. The van der Waals surface area contributed by atoms with E-state index in [1.807, 2.05) is 0 Å². The second kappa shape index (κ2) is 10.6. The first kappa shape index (κ1) is 16.9. The van der Waals surface area contributed by atoms with Crippen LogP contribution in [0.25, 0.3) is 0 Å². The monoisotopic (exact) mass is 277 g/mol. The van der Waals surface area contributed by atoms with Gasteiger partial charge in [0.2, 0.25) is 0 Å². The summed E-state index contributed by atoms with van der Waals surface area (Å²) in [6, 6.07) is 1.74. The van der Waals surface area contributed by atoms with Crippen molar-refractivity contribution in [3.8, 4) is 0 Å². The van der Waals surface area contributed by atoms with Gasteiger partial charge in [0.05, 0.1) is 0 Å². The smallest absolute Gasteiger partial charge is 0.130 e. The minimum Gasteiger partial charge on any atom is -0.384 e. The van der Waals surface area contributed by atoms with E-state index in [-0.39, 0.29) is 0 Å². The van der Waals surface area contributed by atoms with Crippen LogP contribution in [0.15, 0.2) is 12.3 Å². The molecule has 0 aliphatic carbocycles. The molecule has 0 aromatic carbocycles. The molecule has 0 amide bonds. The van der Waals surface area contributed by atoms with E-state index in [9.17, 15) is 0 Å². The molecular weight excluding hydrogens is 246 g/mol. The second-order valence-corrected chi connectivity index (χ2v) is 6.16. The van der Waals surface area contributed by atoms with Crippen LogP contribution >= 0.6 is 0 Å². The maximum Gasteiger partial charge on any atom is 0.130 e. The summed E-state index contributed by atoms with van der Waals surface area (Å²) >= 11 is 0. The molecule has 114 valence electrons. The van der Waals surface area contributed by atoms with Gasteiger partial charge in [0, 0.05) is 12.6 Å². The molecule has 0 radical (unpaired) electrons. The van der Waals surface area contributed by atoms with Gasteiger partial charge in [0.15, 0.2) is 0 Å². The van der Waals surface area contributed by atoms with Gasteiger partial charge in [0.1, 0.15) is 11.6 Å². The Balaban J connectivity index is 1.88. The average Bonchev–Trinajstić information content (AvgIpc) is 2.40. The summed E-state index contributed by atoms with van der Waals surface area (Å²) in [4.78, 5) is 8.45. The van der Waals surface area contributed by atoms with Crippen LogP contribution in [0.5, 0.6) is 0 Å². The Morgan fingerprint density at radius 3 is 2.15 bits per heavy atom. The number of nitrogens with two attached hydrogens (primary N) is 1. The average molecular weight is 277 g/mol. The van der Waals surface area contributed by atoms with Gasteiger partial charge in [-0.15, -0.1) is 0 Å². The number of aromatic nitrogens is 2. The Morgan fingerprint density at radius 1 is 0.950 bits per heavy atom. The predicted molar refractivity (Wildman–Crippen MR) is 86.5 cm³/mol. The summed E-state index contributed by atoms with van der Waals surface area (Å²) in [6.07, 6.45) is 14.9. The molecule has 0 saturated carbocycles. The fourth-order valence-electron chi connectivity index (χ4n) is 2.43. The molecule has 1 heterocycles. The van der Waals surface area contributed by atoms with Crippen LogP contribution in [0.2, 0.25) is 0 Å². The maximum atomic E-state index is 5.64. The Hall–Kier alpha value is -1.12. The van der Waals surface area contributed by atoms with Crippen LogP contribution in [0, 0.1) is 5.92 Å². The number of nitrogen functional groups attached to an aromatic ring is 1. The Kier molecular flexibility index (Phi) is 9.01. The van der Waals surface area contributed by atoms with E-state index in [0.29, 0.717) is 5.82 Å². The first-order valence-corrected chi connectivity index (χ1v) is 8.26. The van der Waals surface area contributed by atoms with Crippen molar-refractivity contribution >= 4 is 5.82 Å². The van der Waals surface area contributed by atoms with Crippen molar-refractivity contribution in [2.24, 2.45) is 5.92 Å². The van der Waals surface area contributed by atoms with Crippen molar-refractivity contribution in [3.63, 3.8) is 0 Å². The number of anilines is 1. The van der Waals surface area contributed by atoms with Gasteiger partial charge in [0.25, 0.3) is 0 Å². The highest BCUT2D eigenvalue weighted by atomic mass is 14.9. The molecule has 20 heavy (non-hydrogen) atoms. The van der Waals surface area contributed by atoms with Crippen molar-refractivity contribution in [1.82, 2.24) is 9.97 Å². The van der Waals surface area contributed by atoms with Gasteiger partial charge < -0.3 is 5.73 Å². The Bertz CT molecular complexity index is 350. The minimum atomic E-state index is 0.580. The molecule has 1 aromatic heterocycles. The normalized spacial score (nSPS) is 11.2. The zero-order valence-electron chi connectivity index (χ0n) is 13.3. The highest BCUT2D eigenvalue weighted by Crippen LogP contribution is 2.13. The van der Waals surface area contributed by atoms with E-state index < -0.39 is 0 Å². The van der Waals surface area contributed by atoms with E-state index in [1.54, 1.807) is 12.3 Å². The summed E-state index contributed by atoms with van der Waals surface area (Å²) < 4.78 is 0. The number of hydrogen-bond acceptors (Lipinski definition) is 3. The van der Waals surface area contributed by atoms with Gasteiger partial charge >= 0.3 is 0 Å². The van der Waals surface area contributed by atoms with E-state index in [2.05, 4.69) is 23.8 Å². The quantitative estimate of drug-likeness (QED) is 0.593. The van der Waals surface area contributed by atoms with Crippen LogP contribution in [0.1, 0.15) is 77.5 Å². The highest BCUT2D eigenvalue weighted by molar-refractivity contribution is 5.24. The Labute approximate surface area is 124 Å². The van der Waals surface area contributed by atoms with Crippen molar-refractivity contribution in [2.75, 3.05) is 5.73 Å². The van der Waals surface area contributed by atoms with Crippen molar-refractivity contribution in [2.45, 2.75) is 78.1 Å². The van der Waals surface area contributed by atoms with Gasteiger partial charge in [-0.25, -0.2) is 9.97 Å². The van der Waals surface area contributed by atoms with Gasteiger partial charge in [-0.1, -0.05) is 65.2 Å². The molecule has 0 aliphatic rings. The minimum absolute atomic E-state index is 0.580. The zero-order valence-corrected chi connectivity index (χ0v) is 13.3. The second-order valence-electron chi connectivity index (χ2n) is 6.16. The molecule has 3 nitrogen and oxygen atoms in total. The third-order valence-corrected chi connectivity index (χ3v) is 3.66. The SMILES string of the molecule is CC(C)CCCCCCCCCCc1nccc(N)n1. The van der Waals surface area contributed by atoms with Gasteiger partial charge in [-0.05, 0) is 18.4 Å². The van der Waals surface area contributed by atoms with Crippen molar-refractivity contribution in [1.29, 1.82) is 0 Å². The molecule has 1 rings (SSSR count). The van der Waals surface area contributed by atoms with Gasteiger partial charge in [-0.3, -0.25) is 0 Å². The molecule has 0 unspecified atom stereocenters. The molecule has 0 spiro atoms. The lowest BCUT2D eigenvalue weighted by Gasteiger charge is -2.04. The summed E-state index contributed by atoms with van der Waals surface area (Å²) in [5.41, 5.74) is 5.64. The lowest BCUT2D eigenvalue weighted by molar-refractivity contribution is 0.507. The molecular formula is C17H31N3. The zero-order chi connectivity index (χ0) is 14.6. The van der Waals surface area contributed by atoms with E-state index in [4.69, 9.17) is 5.73 Å². The topological polar surface area (TPSA) is 51.8 Å². The number of nitrogens with zero attached hydrogens (tertiary/aromatic N) is 2. The third kappa shape index (κ3) is 8.89. The lowest BCUT2D eigenvalue weighted by Crippen LogP contribution is -1.98. The van der Waals surface area contributed by atoms with Crippen LogP contribution in [0.3, 0.4) is 0 Å². The van der Waals surface area contributed by atoms with Crippen LogP contribution in [0.4, 0.5) is 5.82 Å². The number of rotatable bonds is 11. The molecule has 0 saturated heterocycles. The van der Waals surface area contributed by atoms with Crippen LogP contribution in [-0.4, -0.2) is 9.97 Å². The number of aryl methyl sites for hydroxylation is 1. The third-order valence-electron chi connectivity index (χ3n) is 3.66. The molecule has 0 atom stereocenters. The summed E-state index contributed by atoms with van der Waals surface area (Å²) in [6.45, 7) is 4.62. The highest BCUT2D eigenvalue weighted by Gasteiger charge is 1.98. The Morgan fingerprint density at radius 2 is 1.55 bits per heavy atom. The fourth-order valence-corrected chi connectivity index (χ4v) is 2.43. The van der Waals surface area contributed by atoms with E-state index >= 15 is 0 Å². The number of hydrogen-bond donors (Lipinski definition) is 1. The summed E-state index contributed by atoms with van der Waals surface area (Å²) in [7, 11) is 0. The predicted octanol–water partition coefficient (Wildman–Crippen LogP) is 4.77. The van der Waals surface area contributed by atoms with Gasteiger partial charge in [-0.2, -0.15) is 0 Å². The van der Waals surface area contributed by atoms with Crippen molar-refractivity contribution < 1.29 is 0 Å². The number of unbranched alkanes of at least 4 members (excludes halogenated alkanes) is 7. The molecule has 0 bridgehead atoms. The van der Waals surface area contributed by atoms with Crippen LogP contribution < -0.4 is 5.73 Å². The fraction of sp³-hybridized carbons (Fsp3) is 0.765. The largest absolute Gasteiger partial charge is 0.384 e. The first-order chi connectivity index (χ1) is 9.68. The molecule has 3 heteroatoms. The van der Waals surface area contributed by atoms with E-state index in [1.165, 1.54) is 57.8 Å². The lowest BCUT2D eigenvalue weighted by atomic mass is 10.0. The molecule has 2 N–H and O–H groups in total. The summed E-state index contributed by atoms with van der Waals surface area (Å²) in [5.74, 6) is 2.33. The molecule has 0 fully saturated rings. The van der Waals surface area contributed by atoms with E-state index in [0.717, 1.165) is 18.2 Å². The van der Waals surface area contributed by atoms with Crippen LogP contribution in [-0.2, 0) is 6.42 Å². The molecule has 1 aromatic rings. The van der Waals surface area contributed by atoms with Crippen molar-refractivity contribution in [3.05, 3.63) is 18.1 Å².